The van der Waals surface area contributed by atoms with Gasteiger partial charge >= 0.3 is 18.0 Å². The second-order valence-electron chi connectivity index (χ2n) is 16.7. The van der Waals surface area contributed by atoms with Gasteiger partial charge in [0.25, 0.3) is 0 Å². The molecule has 0 bridgehead atoms. The fourth-order valence-corrected chi connectivity index (χ4v) is 10.6. The predicted octanol–water partition coefficient (Wildman–Crippen LogP) is 5.93. The molecular weight excluding hydrogens is 600 g/mol. The molecule has 2 amide bonds. The van der Waals surface area contributed by atoms with Gasteiger partial charge in [-0.2, -0.15) is 0 Å². The van der Waals surface area contributed by atoms with E-state index in [0.29, 0.717) is 41.9 Å². The molecule has 10 heteroatoms. The van der Waals surface area contributed by atoms with Gasteiger partial charge in [0.1, 0.15) is 11.6 Å². The maximum absolute atomic E-state index is 13.1. The Morgan fingerprint density at radius 3 is 2.30 bits per heavy atom. The molecule has 0 radical (unpaired) electrons. The smallest absolute Gasteiger partial charge is 0.408 e. The number of ether oxygens (including phenoxy) is 3. The minimum absolute atomic E-state index is 0.0704. The average Bonchev–Trinajstić information content (AvgIpc) is 3.01. The van der Waals surface area contributed by atoms with Crippen molar-refractivity contribution < 1.29 is 38.5 Å². The molecular formula is C37H62N2O8. The number of carbonyl (C=O) groups is 4. The average molecular weight is 663 g/mol. The number of amides is 2. The van der Waals surface area contributed by atoms with Gasteiger partial charge in [0.2, 0.25) is 5.91 Å². The molecule has 0 aromatic heterocycles. The van der Waals surface area contributed by atoms with Gasteiger partial charge < -0.3 is 30.0 Å². The van der Waals surface area contributed by atoms with Crippen molar-refractivity contribution in [3.8, 4) is 0 Å². The molecule has 0 saturated heterocycles. The summed E-state index contributed by atoms with van der Waals surface area (Å²) in [7, 11) is 2.71. The van der Waals surface area contributed by atoms with Gasteiger partial charge in [-0.15, -0.1) is 0 Å². The van der Waals surface area contributed by atoms with Gasteiger partial charge in [-0.05, 0) is 131 Å². The minimum atomic E-state index is -0.968. The number of alkyl carbamates (subject to hydrolysis) is 1. The van der Waals surface area contributed by atoms with Crippen molar-refractivity contribution in [2.24, 2.45) is 46.3 Å². The molecule has 47 heavy (non-hydrogen) atoms. The summed E-state index contributed by atoms with van der Waals surface area (Å²) in [6.45, 7) is 12.3. The molecule has 268 valence electrons. The topological polar surface area (TPSA) is 140 Å². The quantitative estimate of drug-likeness (QED) is 0.193. The maximum Gasteiger partial charge on any atom is 0.408 e. The monoisotopic (exact) mass is 662 g/mol. The van der Waals surface area contributed by atoms with Gasteiger partial charge in [0.05, 0.1) is 20.3 Å². The van der Waals surface area contributed by atoms with Crippen LogP contribution in [0.15, 0.2) is 0 Å². The van der Waals surface area contributed by atoms with E-state index >= 15 is 0 Å². The van der Waals surface area contributed by atoms with E-state index in [1.807, 2.05) is 0 Å². The lowest BCUT2D eigenvalue weighted by Crippen LogP contribution is -2.62. The molecule has 4 fully saturated rings. The lowest BCUT2D eigenvalue weighted by atomic mass is 9.40. The standard InChI is InChI=1S/C37H62N2O8/c1-22(12-17-32(42)45-7)26-10-9-11-27-25-14-13-23-20-24(18-19-36(23,5)28(25)21-30(40)37(26,27)6)38-31(41)16-15-29(33(43)46-8)39-34(44)47-35(2,3)4/h22-30,40H,9-21H2,1-8H3,(H,38,41)(H,39,44)/t22?,23-,24+,25?,26-,27?,28?,29+,30+,36+,37-/m1/s1. The Hall–Kier alpha value is -2.36. The van der Waals surface area contributed by atoms with Crippen LogP contribution in [-0.2, 0) is 28.6 Å². The molecule has 4 rings (SSSR count). The zero-order chi connectivity index (χ0) is 34.7. The summed E-state index contributed by atoms with van der Waals surface area (Å²) < 4.78 is 15.0. The summed E-state index contributed by atoms with van der Waals surface area (Å²) >= 11 is 0. The third-order valence-electron chi connectivity index (χ3n) is 13.0. The molecule has 0 aromatic carbocycles. The van der Waals surface area contributed by atoms with E-state index in [1.54, 1.807) is 20.8 Å². The summed E-state index contributed by atoms with van der Waals surface area (Å²) in [5.41, 5.74) is -0.719. The first kappa shape index (κ1) is 37.5. The van der Waals surface area contributed by atoms with Crippen LogP contribution in [0, 0.1) is 46.3 Å². The molecule has 0 heterocycles. The van der Waals surface area contributed by atoms with Crippen molar-refractivity contribution in [2.75, 3.05) is 14.2 Å². The van der Waals surface area contributed by atoms with Crippen LogP contribution in [0.5, 0.6) is 0 Å². The van der Waals surface area contributed by atoms with Crippen molar-refractivity contribution in [2.45, 2.75) is 149 Å². The first-order valence-corrected chi connectivity index (χ1v) is 18.1. The van der Waals surface area contributed by atoms with Crippen LogP contribution in [0.2, 0.25) is 0 Å². The molecule has 4 saturated carbocycles. The van der Waals surface area contributed by atoms with Crippen LogP contribution >= 0.6 is 0 Å². The Bertz CT molecular complexity index is 1140. The van der Waals surface area contributed by atoms with E-state index in [1.165, 1.54) is 33.5 Å². The third-order valence-corrected chi connectivity index (χ3v) is 13.0. The number of esters is 2. The molecule has 0 aromatic rings. The fraction of sp³-hybridized carbons (Fsp3) is 0.892. The molecule has 11 atom stereocenters. The van der Waals surface area contributed by atoms with E-state index in [4.69, 9.17) is 14.2 Å². The molecule has 4 aliphatic carbocycles. The van der Waals surface area contributed by atoms with Crippen molar-refractivity contribution in [1.29, 1.82) is 0 Å². The Labute approximate surface area is 282 Å². The maximum atomic E-state index is 13.1. The highest BCUT2D eigenvalue weighted by Crippen LogP contribution is 2.67. The summed E-state index contributed by atoms with van der Waals surface area (Å²) in [5.74, 6) is 1.89. The Morgan fingerprint density at radius 1 is 0.915 bits per heavy atom. The van der Waals surface area contributed by atoms with Crippen molar-refractivity contribution in [1.82, 2.24) is 10.6 Å². The SMILES string of the molecule is COC(=O)CCC(C)[C@H]1CCCC2C3CC[C@@H]4C[C@@H](NC(=O)CC[C@H](NC(=O)OC(C)(C)C)C(=O)OC)CC[C@]4(C)C3C[C@H](O)[C@@]21C. The molecule has 0 aliphatic heterocycles. The lowest BCUT2D eigenvalue weighted by Gasteiger charge is -2.66. The molecule has 0 spiro atoms. The largest absolute Gasteiger partial charge is 0.469 e. The summed E-state index contributed by atoms with van der Waals surface area (Å²) in [4.78, 5) is 49.5. The Balaban J connectivity index is 1.35. The van der Waals surface area contributed by atoms with Crippen LogP contribution in [0.3, 0.4) is 0 Å². The number of carbonyl (C=O) groups excluding carboxylic acids is 4. The van der Waals surface area contributed by atoms with Crippen LogP contribution in [-0.4, -0.2) is 67.1 Å². The second kappa shape index (κ2) is 15.0. The highest BCUT2D eigenvalue weighted by atomic mass is 16.6. The minimum Gasteiger partial charge on any atom is -0.469 e. The fourth-order valence-electron chi connectivity index (χ4n) is 10.6. The van der Waals surface area contributed by atoms with Gasteiger partial charge in [-0.3, -0.25) is 9.59 Å². The van der Waals surface area contributed by atoms with Gasteiger partial charge in [-0.25, -0.2) is 9.59 Å². The van der Waals surface area contributed by atoms with Crippen molar-refractivity contribution in [3.05, 3.63) is 0 Å². The van der Waals surface area contributed by atoms with E-state index in [9.17, 15) is 24.3 Å². The van der Waals surface area contributed by atoms with E-state index < -0.39 is 23.7 Å². The summed E-state index contributed by atoms with van der Waals surface area (Å²) in [5, 5.41) is 17.8. The lowest BCUT2D eigenvalue weighted by molar-refractivity contribution is -0.202. The number of hydrogen-bond donors (Lipinski definition) is 3. The van der Waals surface area contributed by atoms with Crippen LogP contribution in [0.1, 0.15) is 125 Å². The van der Waals surface area contributed by atoms with Gasteiger partial charge in [0, 0.05) is 18.9 Å². The molecule has 3 N–H and O–H groups in total. The zero-order valence-electron chi connectivity index (χ0n) is 30.2. The van der Waals surface area contributed by atoms with Crippen molar-refractivity contribution in [3.63, 3.8) is 0 Å². The predicted molar refractivity (Wildman–Crippen MR) is 178 cm³/mol. The Kier molecular flexibility index (Phi) is 12.0. The number of rotatable bonds is 10. The normalized spacial score (nSPS) is 36.3. The molecule has 4 aliphatic rings. The summed E-state index contributed by atoms with van der Waals surface area (Å²) in [6.07, 6.45) is 9.81. The Morgan fingerprint density at radius 2 is 1.64 bits per heavy atom. The first-order valence-electron chi connectivity index (χ1n) is 18.1. The van der Waals surface area contributed by atoms with Crippen LogP contribution < -0.4 is 10.6 Å². The third kappa shape index (κ3) is 8.27. The highest BCUT2D eigenvalue weighted by molar-refractivity contribution is 5.83. The zero-order valence-corrected chi connectivity index (χ0v) is 30.2. The number of fused-ring (bicyclic) bond motifs is 5. The number of aliphatic hydroxyl groups is 1. The summed E-state index contributed by atoms with van der Waals surface area (Å²) in [6, 6.07) is -0.898. The van der Waals surface area contributed by atoms with E-state index in [-0.39, 0.29) is 47.7 Å². The van der Waals surface area contributed by atoms with Crippen LogP contribution in [0.25, 0.3) is 0 Å². The number of methoxy groups -OCH3 is 2. The highest BCUT2D eigenvalue weighted by Gasteiger charge is 2.62. The van der Waals surface area contributed by atoms with Gasteiger partial charge in [0.15, 0.2) is 0 Å². The number of hydrogen-bond acceptors (Lipinski definition) is 8. The van der Waals surface area contributed by atoms with Crippen molar-refractivity contribution >= 4 is 23.9 Å². The van der Waals surface area contributed by atoms with E-state index in [2.05, 4.69) is 31.4 Å². The molecule has 10 nitrogen and oxygen atoms in total. The van der Waals surface area contributed by atoms with Crippen LogP contribution in [0.4, 0.5) is 4.79 Å². The number of aliphatic hydroxyl groups excluding tert-OH is 1. The van der Waals surface area contributed by atoms with E-state index in [0.717, 1.165) is 44.9 Å². The molecule has 4 unspecified atom stereocenters. The number of nitrogens with one attached hydrogen (secondary N) is 2. The first-order chi connectivity index (χ1) is 22.0. The van der Waals surface area contributed by atoms with Gasteiger partial charge in [-0.1, -0.05) is 27.2 Å². The second-order valence-corrected chi connectivity index (χ2v) is 16.7.